The Morgan fingerprint density at radius 3 is 2.00 bits per heavy atom. The second kappa shape index (κ2) is 9.51. The highest BCUT2D eigenvalue weighted by atomic mass is 35.5. The Bertz CT molecular complexity index is 148. The van der Waals surface area contributed by atoms with Crippen molar-refractivity contribution in [2.75, 3.05) is 0 Å². The molecular formula is C10H17Cl. The summed E-state index contributed by atoms with van der Waals surface area (Å²) in [6, 6.07) is 0. The fourth-order valence-electron chi connectivity index (χ4n) is 0.327. The Hall–Kier alpha value is -0.490. The zero-order valence-electron chi connectivity index (χ0n) is 7.82. The van der Waals surface area contributed by atoms with Gasteiger partial charge in [0.2, 0.25) is 0 Å². The second-order valence-corrected chi connectivity index (χ2v) is 2.38. The molecule has 0 aromatic rings. The van der Waals surface area contributed by atoms with E-state index in [1.807, 2.05) is 39.8 Å². The monoisotopic (exact) mass is 172 g/mol. The lowest BCUT2D eigenvalue weighted by Crippen LogP contribution is -1.68. The van der Waals surface area contributed by atoms with Gasteiger partial charge in [-0.2, -0.15) is 0 Å². The molecule has 0 radical (unpaired) electrons. The minimum Gasteiger partial charge on any atom is -0.0991 e. The van der Waals surface area contributed by atoms with Crippen molar-refractivity contribution >= 4 is 11.6 Å². The molecule has 0 spiro atoms. The molecule has 11 heavy (non-hydrogen) atoms. The molecule has 0 amide bonds. The molecule has 0 aliphatic heterocycles. The number of allylic oxidation sites excluding steroid dienone is 5. The van der Waals surface area contributed by atoms with Gasteiger partial charge in [-0.05, 0) is 19.4 Å². The number of halogens is 1. The molecule has 0 bridgehead atoms. The molecule has 0 saturated carbocycles. The summed E-state index contributed by atoms with van der Waals surface area (Å²) in [4.78, 5) is 0. The van der Waals surface area contributed by atoms with Gasteiger partial charge in [-0.1, -0.05) is 50.3 Å². The van der Waals surface area contributed by atoms with Crippen molar-refractivity contribution in [3.8, 4) is 0 Å². The molecular weight excluding hydrogens is 156 g/mol. The Labute approximate surface area is 75.3 Å². The molecule has 0 unspecified atom stereocenters. The highest BCUT2D eigenvalue weighted by Gasteiger charge is 1.83. The van der Waals surface area contributed by atoms with Crippen molar-refractivity contribution < 1.29 is 0 Å². The van der Waals surface area contributed by atoms with Crippen LogP contribution in [0.4, 0.5) is 0 Å². The molecule has 0 nitrogen and oxygen atoms in total. The molecule has 0 N–H and O–H groups in total. The van der Waals surface area contributed by atoms with Gasteiger partial charge in [-0.15, -0.1) is 0 Å². The maximum absolute atomic E-state index is 5.66. The summed E-state index contributed by atoms with van der Waals surface area (Å²) in [5, 5.41) is 0.827. The van der Waals surface area contributed by atoms with Crippen molar-refractivity contribution in [3.63, 3.8) is 0 Å². The lowest BCUT2D eigenvalue weighted by atomic mass is 10.2. The summed E-state index contributed by atoms with van der Waals surface area (Å²) in [5.41, 5.74) is 1.08. The lowest BCUT2D eigenvalue weighted by molar-refractivity contribution is 1.44. The van der Waals surface area contributed by atoms with Crippen LogP contribution in [0, 0.1) is 0 Å². The van der Waals surface area contributed by atoms with E-state index >= 15 is 0 Å². The largest absolute Gasteiger partial charge is 0.0991 e. The van der Waals surface area contributed by atoms with Gasteiger partial charge in [-0.25, -0.2) is 0 Å². The summed E-state index contributed by atoms with van der Waals surface area (Å²) in [6.45, 7) is 11.4. The third kappa shape index (κ3) is 9.51. The predicted octanol–water partition coefficient (Wildman–Crippen LogP) is 4.29. The highest BCUT2D eigenvalue weighted by molar-refractivity contribution is 6.29. The SMILES string of the molecule is C=C/C=C\C(C)=C(/C)Cl.CC. The van der Waals surface area contributed by atoms with E-state index in [9.17, 15) is 0 Å². The first kappa shape index (κ1) is 13.1. The van der Waals surface area contributed by atoms with Crippen LogP contribution in [0.5, 0.6) is 0 Å². The molecule has 64 valence electrons. The molecule has 0 aliphatic carbocycles. The van der Waals surface area contributed by atoms with Gasteiger partial charge < -0.3 is 0 Å². The van der Waals surface area contributed by atoms with E-state index in [4.69, 9.17) is 11.6 Å². The van der Waals surface area contributed by atoms with E-state index in [0.29, 0.717) is 0 Å². The Kier molecular flexibility index (Phi) is 11.3. The molecule has 0 aromatic heterocycles. The van der Waals surface area contributed by atoms with Crippen LogP contribution in [0.3, 0.4) is 0 Å². The molecule has 0 aromatic carbocycles. The number of hydrogen-bond donors (Lipinski definition) is 0. The molecule has 0 heterocycles. The fourth-order valence-corrected chi connectivity index (χ4v) is 0.390. The van der Waals surface area contributed by atoms with Crippen molar-refractivity contribution in [1.29, 1.82) is 0 Å². The fraction of sp³-hybridized carbons (Fsp3) is 0.400. The lowest BCUT2D eigenvalue weighted by Gasteiger charge is -1.89. The van der Waals surface area contributed by atoms with Crippen LogP contribution in [0.2, 0.25) is 0 Å². The normalized spacial score (nSPS) is 11.7. The first-order valence-corrected chi connectivity index (χ1v) is 4.18. The summed E-state index contributed by atoms with van der Waals surface area (Å²) in [5.74, 6) is 0. The molecule has 0 aliphatic rings. The van der Waals surface area contributed by atoms with Gasteiger partial charge in [-0.3, -0.25) is 0 Å². The Balaban J connectivity index is 0. The average molecular weight is 173 g/mol. The second-order valence-electron chi connectivity index (χ2n) is 1.81. The number of rotatable bonds is 2. The minimum atomic E-state index is 0.827. The first-order chi connectivity index (χ1) is 5.18. The van der Waals surface area contributed by atoms with E-state index in [-0.39, 0.29) is 0 Å². The van der Waals surface area contributed by atoms with Gasteiger partial charge in [0.15, 0.2) is 0 Å². The zero-order chi connectivity index (χ0) is 9.28. The van der Waals surface area contributed by atoms with Gasteiger partial charge in [0.25, 0.3) is 0 Å². The van der Waals surface area contributed by atoms with Crippen molar-refractivity contribution in [1.82, 2.24) is 0 Å². The van der Waals surface area contributed by atoms with Crippen molar-refractivity contribution in [2.24, 2.45) is 0 Å². The van der Waals surface area contributed by atoms with Crippen LogP contribution in [0.25, 0.3) is 0 Å². The van der Waals surface area contributed by atoms with Crippen LogP contribution in [0.1, 0.15) is 27.7 Å². The van der Waals surface area contributed by atoms with Crippen LogP contribution in [-0.2, 0) is 0 Å². The summed E-state index contributed by atoms with van der Waals surface area (Å²) in [6.07, 6.45) is 5.51. The van der Waals surface area contributed by atoms with Crippen molar-refractivity contribution in [3.05, 3.63) is 35.4 Å². The summed E-state index contributed by atoms with van der Waals surface area (Å²) < 4.78 is 0. The van der Waals surface area contributed by atoms with E-state index < -0.39 is 0 Å². The summed E-state index contributed by atoms with van der Waals surface area (Å²) >= 11 is 5.66. The molecule has 0 saturated heterocycles. The molecule has 0 rings (SSSR count). The summed E-state index contributed by atoms with van der Waals surface area (Å²) in [7, 11) is 0. The van der Waals surface area contributed by atoms with Crippen molar-refractivity contribution in [2.45, 2.75) is 27.7 Å². The predicted molar refractivity (Wildman–Crippen MR) is 54.9 cm³/mol. The van der Waals surface area contributed by atoms with Gasteiger partial charge in [0.1, 0.15) is 0 Å². The van der Waals surface area contributed by atoms with Gasteiger partial charge >= 0.3 is 0 Å². The van der Waals surface area contributed by atoms with E-state index in [2.05, 4.69) is 6.58 Å². The quantitative estimate of drug-likeness (QED) is 0.546. The smallest absolute Gasteiger partial charge is 0.0179 e. The van der Waals surface area contributed by atoms with Crippen LogP contribution < -0.4 is 0 Å². The Morgan fingerprint density at radius 1 is 1.27 bits per heavy atom. The van der Waals surface area contributed by atoms with Gasteiger partial charge in [0, 0.05) is 5.03 Å². The average Bonchev–Trinajstić information content (AvgIpc) is 2.03. The number of hydrogen-bond acceptors (Lipinski definition) is 0. The minimum absolute atomic E-state index is 0.827. The van der Waals surface area contributed by atoms with E-state index in [1.165, 1.54) is 0 Å². The molecule has 0 atom stereocenters. The third-order valence-corrected chi connectivity index (χ3v) is 1.32. The molecule has 1 heteroatoms. The van der Waals surface area contributed by atoms with Crippen LogP contribution in [-0.4, -0.2) is 0 Å². The van der Waals surface area contributed by atoms with E-state index in [1.54, 1.807) is 6.08 Å². The standard InChI is InChI=1S/C8H11Cl.C2H6/c1-4-5-6-7(2)8(3)9;1-2/h4-6H,1H2,2-3H3;1-2H3/b6-5-,8-7+;. The maximum Gasteiger partial charge on any atom is 0.0179 e. The first-order valence-electron chi connectivity index (χ1n) is 3.80. The topological polar surface area (TPSA) is 0 Å². The van der Waals surface area contributed by atoms with Crippen LogP contribution >= 0.6 is 11.6 Å². The third-order valence-electron chi connectivity index (χ3n) is 1.03. The van der Waals surface area contributed by atoms with E-state index in [0.717, 1.165) is 10.6 Å². The Morgan fingerprint density at radius 2 is 1.73 bits per heavy atom. The maximum atomic E-state index is 5.66. The zero-order valence-corrected chi connectivity index (χ0v) is 8.57. The highest BCUT2D eigenvalue weighted by Crippen LogP contribution is 2.07. The van der Waals surface area contributed by atoms with Crippen LogP contribution in [0.15, 0.2) is 35.4 Å². The van der Waals surface area contributed by atoms with Gasteiger partial charge in [0.05, 0.1) is 0 Å². The molecule has 0 fully saturated rings.